The minimum atomic E-state index is -4.88. The van der Waals surface area contributed by atoms with Crippen LogP contribution in [-0.2, 0) is 10.0 Å². The lowest BCUT2D eigenvalue weighted by atomic mass is 10.2. The van der Waals surface area contributed by atoms with E-state index in [4.69, 9.17) is 0 Å². The summed E-state index contributed by atoms with van der Waals surface area (Å²) in [6, 6.07) is 8.89. The molecule has 28 heavy (non-hydrogen) atoms. The van der Waals surface area contributed by atoms with E-state index in [2.05, 4.69) is 14.2 Å². The second kappa shape index (κ2) is 6.82. The van der Waals surface area contributed by atoms with Crippen LogP contribution < -0.4 is 14.2 Å². The SMILES string of the molecule is O=Cc1ccccc1NS(=O)(=O)/C=C/c1ccc2c(c1)OC(F)(F)C(F)(F)O2. The molecule has 0 saturated heterocycles. The Hall–Kier alpha value is -3.08. The monoisotopic (exact) mass is 417 g/mol. The van der Waals surface area contributed by atoms with Gasteiger partial charge in [0, 0.05) is 5.56 Å². The molecule has 1 aliphatic rings. The number of carbonyl (C=O) groups excluding carboxylic acids is 1. The maximum atomic E-state index is 13.2. The van der Waals surface area contributed by atoms with E-state index in [1.165, 1.54) is 24.3 Å². The van der Waals surface area contributed by atoms with Crippen LogP contribution in [0.2, 0.25) is 0 Å². The van der Waals surface area contributed by atoms with Gasteiger partial charge >= 0.3 is 12.2 Å². The molecule has 0 bridgehead atoms. The van der Waals surface area contributed by atoms with Gasteiger partial charge in [0.15, 0.2) is 17.8 Å². The van der Waals surface area contributed by atoms with E-state index in [-0.39, 0.29) is 16.8 Å². The Labute approximate surface area is 156 Å². The lowest BCUT2D eigenvalue weighted by Gasteiger charge is -2.31. The van der Waals surface area contributed by atoms with Gasteiger partial charge in [-0.15, -0.1) is 0 Å². The fourth-order valence-corrected chi connectivity index (χ4v) is 3.13. The molecule has 1 aliphatic heterocycles. The number of carbonyl (C=O) groups is 1. The molecule has 1 heterocycles. The molecular formula is C17H11F4NO5S. The summed E-state index contributed by atoms with van der Waals surface area (Å²) in [5.41, 5.74) is 0.227. The summed E-state index contributed by atoms with van der Waals surface area (Å²) in [7, 11) is -4.06. The smallest absolute Gasteiger partial charge is 0.421 e. The fourth-order valence-electron chi connectivity index (χ4n) is 2.24. The van der Waals surface area contributed by atoms with Gasteiger partial charge < -0.3 is 9.47 Å². The van der Waals surface area contributed by atoms with E-state index >= 15 is 0 Å². The third-order valence-corrected chi connectivity index (χ3v) is 4.56. The first-order chi connectivity index (χ1) is 13.0. The number of nitrogens with one attached hydrogen (secondary N) is 1. The molecule has 0 unspecified atom stereocenters. The average Bonchev–Trinajstić information content (AvgIpc) is 2.61. The van der Waals surface area contributed by atoms with Crippen molar-refractivity contribution < 1.29 is 40.2 Å². The van der Waals surface area contributed by atoms with E-state index < -0.39 is 33.7 Å². The van der Waals surface area contributed by atoms with E-state index in [1.54, 1.807) is 6.07 Å². The van der Waals surface area contributed by atoms with Crippen molar-refractivity contribution in [3.63, 3.8) is 0 Å². The fraction of sp³-hybridized carbons (Fsp3) is 0.118. The van der Waals surface area contributed by atoms with Crippen LogP contribution in [0.25, 0.3) is 6.08 Å². The number of hydrogen-bond acceptors (Lipinski definition) is 5. The molecule has 0 atom stereocenters. The van der Waals surface area contributed by atoms with Gasteiger partial charge in [0.05, 0.1) is 11.1 Å². The standard InChI is InChI=1S/C17H11F4NO5S/c18-16(19)17(20,21)27-15-9-11(5-6-14(15)26-16)7-8-28(24,25)22-13-4-2-1-3-12(13)10-23/h1-10,22H/b8-7+. The molecule has 6 nitrogen and oxygen atoms in total. The minimum absolute atomic E-state index is 0.0474. The number of anilines is 1. The zero-order valence-electron chi connectivity index (χ0n) is 13.7. The Balaban J connectivity index is 1.82. The molecular weight excluding hydrogens is 406 g/mol. The van der Waals surface area contributed by atoms with Crippen molar-refractivity contribution in [3.8, 4) is 11.5 Å². The van der Waals surface area contributed by atoms with Gasteiger partial charge in [0.1, 0.15) is 0 Å². The zero-order valence-corrected chi connectivity index (χ0v) is 14.6. The molecule has 2 aromatic rings. The minimum Gasteiger partial charge on any atom is -0.421 e. The van der Waals surface area contributed by atoms with Gasteiger partial charge in [-0.1, -0.05) is 18.2 Å². The molecule has 0 spiro atoms. The van der Waals surface area contributed by atoms with Crippen LogP contribution in [-0.4, -0.2) is 26.9 Å². The first kappa shape index (κ1) is 19.7. The number of rotatable bonds is 5. The highest BCUT2D eigenvalue weighted by Crippen LogP contribution is 2.47. The van der Waals surface area contributed by atoms with Crippen molar-refractivity contribution in [1.29, 1.82) is 0 Å². The third kappa shape index (κ3) is 3.93. The zero-order chi connectivity index (χ0) is 20.6. The lowest BCUT2D eigenvalue weighted by Crippen LogP contribution is -2.52. The van der Waals surface area contributed by atoms with Crippen molar-refractivity contribution in [3.05, 3.63) is 59.0 Å². The predicted octanol–water partition coefficient (Wildman–Crippen LogP) is 3.87. The normalized spacial score (nSPS) is 17.3. The first-order valence-electron chi connectivity index (χ1n) is 7.56. The largest absolute Gasteiger partial charge is 0.507 e. The Morgan fingerprint density at radius 3 is 2.25 bits per heavy atom. The van der Waals surface area contributed by atoms with Crippen molar-refractivity contribution in [2.24, 2.45) is 0 Å². The molecule has 1 N–H and O–H groups in total. The summed E-state index contributed by atoms with van der Waals surface area (Å²) >= 11 is 0. The number of hydrogen-bond donors (Lipinski definition) is 1. The molecule has 0 amide bonds. The van der Waals surface area contributed by atoms with Gasteiger partial charge in [-0.2, -0.15) is 17.6 Å². The van der Waals surface area contributed by atoms with E-state index in [1.807, 2.05) is 0 Å². The molecule has 11 heteroatoms. The maximum Gasteiger partial charge on any atom is 0.507 e. The molecule has 3 rings (SSSR count). The van der Waals surface area contributed by atoms with Crippen LogP contribution in [0.4, 0.5) is 23.2 Å². The molecule has 0 aliphatic carbocycles. The van der Waals surface area contributed by atoms with Crippen molar-refractivity contribution in [2.45, 2.75) is 12.2 Å². The molecule has 0 aromatic heterocycles. The summed E-state index contributed by atoms with van der Waals surface area (Å²) in [4.78, 5) is 10.9. The second-order valence-electron chi connectivity index (χ2n) is 5.60. The number of sulfonamides is 1. The van der Waals surface area contributed by atoms with E-state index in [0.717, 1.165) is 18.2 Å². The first-order valence-corrected chi connectivity index (χ1v) is 9.10. The van der Waals surface area contributed by atoms with Gasteiger partial charge in [-0.25, -0.2) is 8.42 Å². The lowest BCUT2D eigenvalue weighted by molar-refractivity contribution is -0.391. The Kier molecular flexibility index (Phi) is 4.79. The average molecular weight is 417 g/mol. The second-order valence-corrected chi connectivity index (χ2v) is 7.17. The summed E-state index contributed by atoms with van der Waals surface area (Å²) in [6.45, 7) is 0. The van der Waals surface area contributed by atoms with Crippen LogP contribution in [0.1, 0.15) is 15.9 Å². The highest BCUT2D eigenvalue weighted by molar-refractivity contribution is 7.95. The number of ether oxygens (including phenoxy) is 2. The van der Waals surface area contributed by atoms with Crippen LogP contribution in [0.15, 0.2) is 47.9 Å². The van der Waals surface area contributed by atoms with E-state index in [0.29, 0.717) is 11.7 Å². The van der Waals surface area contributed by atoms with Gasteiger partial charge in [0.2, 0.25) is 0 Å². The Morgan fingerprint density at radius 2 is 1.57 bits per heavy atom. The number of alkyl halides is 4. The van der Waals surface area contributed by atoms with Gasteiger partial charge in [-0.3, -0.25) is 9.52 Å². The Morgan fingerprint density at radius 1 is 0.929 bits per heavy atom. The van der Waals surface area contributed by atoms with Crippen LogP contribution in [0.3, 0.4) is 0 Å². The van der Waals surface area contributed by atoms with Crippen LogP contribution in [0, 0.1) is 0 Å². The van der Waals surface area contributed by atoms with Gasteiger partial charge in [0.25, 0.3) is 10.0 Å². The number of aldehydes is 1. The predicted molar refractivity (Wildman–Crippen MR) is 91.0 cm³/mol. The highest BCUT2D eigenvalue weighted by atomic mass is 32.2. The Bertz CT molecular complexity index is 1050. The van der Waals surface area contributed by atoms with Crippen molar-refractivity contribution in [2.75, 3.05) is 4.72 Å². The molecule has 0 fully saturated rings. The topological polar surface area (TPSA) is 81.7 Å². The van der Waals surface area contributed by atoms with Crippen LogP contribution >= 0.6 is 0 Å². The van der Waals surface area contributed by atoms with E-state index in [9.17, 15) is 30.8 Å². The number of halogens is 4. The van der Waals surface area contributed by atoms with Crippen LogP contribution in [0.5, 0.6) is 11.5 Å². The van der Waals surface area contributed by atoms with Crippen molar-refractivity contribution in [1.82, 2.24) is 0 Å². The summed E-state index contributed by atoms with van der Waals surface area (Å²) in [6.07, 6.45) is -8.22. The molecule has 148 valence electrons. The van der Waals surface area contributed by atoms with Crippen molar-refractivity contribution >= 4 is 28.1 Å². The highest BCUT2D eigenvalue weighted by Gasteiger charge is 2.65. The maximum absolute atomic E-state index is 13.2. The summed E-state index contributed by atoms with van der Waals surface area (Å²) in [5, 5.41) is 0.715. The number of para-hydroxylation sites is 1. The quantitative estimate of drug-likeness (QED) is 0.590. The van der Waals surface area contributed by atoms with Gasteiger partial charge in [-0.05, 0) is 35.9 Å². The summed E-state index contributed by atoms with van der Waals surface area (Å²) < 4.78 is 87.0. The molecule has 0 radical (unpaired) electrons. The summed E-state index contributed by atoms with van der Waals surface area (Å²) in [5.74, 6) is -1.29. The molecule has 0 saturated carbocycles. The molecule has 2 aromatic carbocycles. The third-order valence-electron chi connectivity index (χ3n) is 3.56. The number of benzene rings is 2. The number of fused-ring (bicyclic) bond motifs is 1.